The number of Topliss-reactive ketones (excluding diaryl/α,β-unsaturated/α-hetero) is 1. The Labute approximate surface area is 99.9 Å². The van der Waals surface area contributed by atoms with Gasteiger partial charge in [-0.2, -0.15) is 0 Å². The summed E-state index contributed by atoms with van der Waals surface area (Å²) in [7, 11) is 0. The van der Waals surface area contributed by atoms with Crippen molar-refractivity contribution in [1.29, 1.82) is 0 Å². The normalized spacial score (nSPS) is 11.4. The van der Waals surface area contributed by atoms with Gasteiger partial charge in [-0.25, -0.2) is 0 Å². The molecule has 0 spiro atoms. The quantitative estimate of drug-likeness (QED) is 0.441. The number of carbonyl (C=O) groups is 1. The lowest BCUT2D eigenvalue weighted by Gasteiger charge is -2.05. The monoisotopic (exact) mass is 229 g/mol. The summed E-state index contributed by atoms with van der Waals surface area (Å²) in [6.07, 6.45) is 2.33. The summed E-state index contributed by atoms with van der Waals surface area (Å²) in [6.45, 7) is 12.0. The number of oxime groups is 1. The van der Waals surface area contributed by atoms with Gasteiger partial charge in [0.2, 0.25) is 0 Å². The van der Waals surface area contributed by atoms with E-state index in [2.05, 4.69) is 32.9 Å². The van der Waals surface area contributed by atoms with Gasteiger partial charge in [-0.1, -0.05) is 39.8 Å². The van der Waals surface area contributed by atoms with Crippen molar-refractivity contribution in [3.8, 4) is 0 Å². The zero-order chi connectivity index (χ0) is 13.1. The van der Waals surface area contributed by atoms with Crippen molar-refractivity contribution >= 4 is 11.5 Å². The molecule has 0 radical (unpaired) electrons. The number of nitrogens with zero attached hydrogens (tertiary/aromatic N) is 1. The maximum Gasteiger partial charge on any atom is 0.133 e. The zero-order valence-electron chi connectivity index (χ0n) is 11.6. The second-order valence-corrected chi connectivity index (χ2v) is 4.92. The lowest BCUT2D eigenvalue weighted by molar-refractivity contribution is -0.120. The minimum atomic E-state index is 0.407. The molecule has 0 saturated heterocycles. The predicted molar refractivity (Wildman–Crippen MR) is 69.1 cm³/mol. The summed E-state index contributed by atoms with van der Waals surface area (Å²) in [4.78, 5) is 11.1. The standard InChI is InChI=1S/C9H18O.C4H9NO/c1-7(2)5-9(10)6-8(3)4;1-3-4(2)5-6/h7-8H,5-6H2,1-4H3;6H,3H2,1-2H3. The largest absolute Gasteiger partial charge is 0.411 e. The first-order chi connectivity index (χ1) is 7.33. The molecule has 3 nitrogen and oxygen atoms in total. The van der Waals surface area contributed by atoms with Gasteiger partial charge in [0.15, 0.2) is 0 Å². The van der Waals surface area contributed by atoms with E-state index in [0.29, 0.717) is 17.6 Å². The maximum absolute atomic E-state index is 11.1. The first-order valence-electron chi connectivity index (χ1n) is 6.02. The van der Waals surface area contributed by atoms with Crippen LogP contribution in [0.1, 0.15) is 60.8 Å². The first-order valence-corrected chi connectivity index (χ1v) is 6.02. The molecule has 0 amide bonds. The van der Waals surface area contributed by atoms with Crippen molar-refractivity contribution < 1.29 is 10.0 Å². The molecule has 3 heteroatoms. The van der Waals surface area contributed by atoms with Crippen molar-refractivity contribution in [3.05, 3.63) is 0 Å². The van der Waals surface area contributed by atoms with E-state index in [0.717, 1.165) is 25.0 Å². The third kappa shape index (κ3) is 15.6. The van der Waals surface area contributed by atoms with E-state index in [-0.39, 0.29) is 0 Å². The Morgan fingerprint density at radius 1 is 1.12 bits per heavy atom. The Morgan fingerprint density at radius 3 is 1.62 bits per heavy atom. The van der Waals surface area contributed by atoms with Gasteiger partial charge in [0.1, 0.15) is 5.78 Å². The molecule has 0 aromatic rings. The molecule has 0 rings (SSSR count). The van der Waals surface area contributed by atoms with Crippen LogP contribution in [0.3, 0.4) is 0 Å². The second-order valence-electron chi connectivity index (χ2n) is 4.92. The number of hydrogen-bond acceptors (Lipinski definition) is 3. The van der Waals surface area contributed by atoms with Gasteiger partial charge in [0, 0.05) is 12.8 Å². The minimum absolute atomic E-state index is 0.407. The van der Waals surface area contributed by atoms with Gasteiger partial charge < -0.3 is 5.21 Å². The Bertz CT molecular complexity index is 196. The molecule has 1 N–H and O–H groups in total. The second kappa shape index (κ2) is 10.7. The van der Waals surface area contributed by atoms with E-state index in [9.17, 15) is 4.79 Å². The van der Waals surface area contributed by atoms with Gasteiger partial charge in [-0.15, -0.1) is 0 Å². The molecule has 0 unspecified atom stereocenters. The highest BCUT2D eigenvalue weighted by Crippen LogP contribution is 2.07. The summed E-state index contributed by atoms with van der Waals surface area (Å²) in [5.74, 6) is 1.45. The topological polar surface area (TPSA) is 49.7 Å². The lowest BCUT2D eigenvalue weighted by atomic mass is 10.00. The van der Waals surface area contributed by atoms with Crippen LogP contribution in [0.2, 0.25) is 0 Å². The molecule has 0 fully saturated rings. The molecule has 0 atom stereocenters. The molecular formula is C13H27NO2. The highest BCUT2D eigenvalue weighted by molar-refractivity contribution is 5.80. The fourth-order valence-electron chi connectivity index (χ4n) is 1.06. The number of ketones is 1. The van der Waals surface area contributed by atoms with Gasteiger partial charge in [0.05, 0.1) is 5.71 Å². The fourth-order valence-corrected chi connectivity index (χ4v) is 1.06. The van der Waals surface area contributed by atoms with E-state index in [1.807, 2.05) is 6.92 Å². The van der Waals surface area contributed by atoms with Crippen molar-refractivity contribution in [2.45, 2.75) is 60.8 Å². The van der Waals surface area contributed by atoms with Crippen LogP contribution < -0.4 is 0 Å². The van der Waals surface area contributed by atoms with Crippen molar-refractivity contribution in [3.63, 3.8) is 0 Å². The van der Waals surface area contributed by atoms with E-state index in [1.165, 1.54) is 0 Å². The molecule has 0 aliphatic heterocycles. The molecule has 0 aliphatic rings. The van der Waals surface area contributed by atoms with Crippen LogP contribution in [0, 0.1) is 11.8 Å². The summed E-state index contributed by atoms with van der Waals surface area (Å²) in [6, 6.07) is 0. The Kier molecular flexibility index (Phi) is 11.7. The average Bonchev–Trinajstić information content (AvgIpc) is 2.14. The van der Waals surface area contributed by atoms with Crippen LogP contribution in [0.4, 0.5) is 0 Å². The van der Waals surface area contributed by atoms with Crippen LogP contribution in [0.15, 0.2) is 5.16 Å². The maximum atomic E-state index is 11.1. The number of rotatable bonds is 5. The third-order valence-corrected chi connectivity index (χ3v) is 1.95. The summed E-state index contributed by atoms with van der Waals surface area (Å²) in [5, 5.41) is 10.8. The van der Waals surface area contributed by atoms with Gasteiger partial charge >= 0.3 is 0 Å². The molecule has 0 bridgehead atoms. The fraction of sp³-hybridized carbons (Fsp3) is 0.846. The molecule has 0 aliphatic carbocycles. The number of hydrogen-bond donors (Lipinski definition) is 1. The highest BCUT2D eigenvalue weighted by atomic mass is 16.4. The van der Waals surface area contributed by atoms with Crippen molar-refractivity contribution in [2.75, 3.05) is 0 Å². The van der Waals surface area contributed by atoms with Crippen LogP contribution >= 0.6 is 0 Å². The molecule has 96 valence electrons. The summed E-state index contributed by atoms with van der Waals surface area (Å²) in [5.41, 5.74) is 0.773. The molecule has 0 aromatic carbocycles. The average molecular weight is 229 g/mol. The summed E-state index contributed by atoms with van der Waals surface area (Å²) < 4.78 is 0. The first kappa shape index (κ1) is 17.5. The Morgan fingerprint density at radius 2 is 1.50 bits per heavy atom. The van der Waals surface area contributed by atoms with E-state index < -0.39 is 0 Å². The third-order valence-electron chi connectivity index (χ3n) is 1.95. The van der Waals surface area contributed by atoms with Crippen molar-refractivity contribution in [2.24, 2.45) is 17.0 Å². The Balaban J connectivity index is 0. The number of carbonyl (C=O) groups excluding carboxylic acids is 1. The molecule has 0 saturated carbocycles. The summed E-state index contributed by atoms with van der Waals surface area (Å²) >= 11 is 0. The molecule has 16 heavy (non-hydrogen) atoms. The van der Waals surface area contributed by atoms with Crippen LogP contribution in [0.5, 0.6) is 0 Å². The van der Waals surface area contributed by atoms with Gasteiger partial charge in [-0.3, -0.25) is 4.79 Å². The smallest absolute Gasteiger partial charge is 0.133 e. The van der Waals surface area contributed by atoms with E-state index in [4.69, 9.17) is 5.21 Å². The van der Waals surface area contributed by atoms with E-state index >= 15 is 0 Å². The van der Waals surface area contributed by atoms with Gasteiger partial charge in [-0.05, 0) is 25.2 Å². The molecule has 0 aromatic heterocycles. The molecular weight excluding hydrogens is 202 g/mol. The van der Waals surface area contributed by atoms with Crippen molar-refractivity contribution in [1.82, 2.24) is 0 Å². The predicted octanol–water partition coefficient (Wildman–Crippen LogP) is 3.89. The van der Waals surface area contributed by atoms with Crippen LogP contribution in [0.25, 0.3) is 0 Å². The van der Waals surface area contributed by atoms with Crippen LogP contribution in [-0.2, 0) is 4.79 Å². The minimum Gasteiger partial charge on any atom is -0.411 e. The van der Waals surface area contributed by atoms with E-state index in [1.54, 1.807) is 6.92 Å². The van der Waals surface area contributed by atoms with Gasteiger partial charge in [0.25, 0.3) is 0 Å². The Hall–Kier alpha value is -0.860. The SMILES string of the molecule is CC(C)CC(=O)CC(C)C.CCC(C)=NO. The highest BCUT2D eigenvalue weighted by Gasteiger charge is 2.06. The zero-order valence-corrected chi connectivity index (χ0v) is 11.6. The van der Waals surface area contributed by atoms with Crippen LogP contribution in [-0.4, -0.2) is 16.7 Å². The lowest BCUT2D eigenvalue weighted by Crippen LogP contribution is -2.05. The molecule has 0 heterocycles.